The van der Waals surface area contributed by atoms with E-state index < -0.39 is 29.4 Å². The summed E-state index contributed by atoms with van der Waals surface area (Å²) in [5.74, 6) is 3.54. The van der Waals surface area contributed by atoms with Crippen molar-refractivity contribution in [3.8, 4) is 5.82 Å². The summed E-state index contributed by atoms with van der Waals surface area (Å²) in [6, 6.07) is 11.0. The predicted octanol–water partition coefficient (Wildman–Crippen LogP) is 4.60. The van der Waals surface area contributed by atoms with E-state index in [2.05, 4.69) is 15.4 Å². The number of carbonyl (C=O) groups excluding carboxylic acids is 2. The highest BCUT2D eigenvalue weighted by atomic mass is 35.5. The summed E-state index contributed by atoms with van der Waals surface area (Å²) in [6.45, 7) is 0. The minimum Gasteiger partial charge on any atom is -0.321 e. The topological polar surface area (TPSA) is 115 Å². The van der Waals surface area contributed by atoms with Crippen LogP contribution in [0.1, 0.15) is 26.5 Å². The molecule has 0 aliphatic carbocycles. The van der Waals surface area contributed by atoms with Crippen LogP contribution >= 0.6 is 23.2 Å². The molecule has 4 rings (SSSR count). The fourth-order valence-electron chi connectivity index (χ4n) is 3.19. The van der Waals surface area contributed by atoms with E-state index in [1.165, 1.54) is 42.6 Å². The van der Waals surface area contributed by atoms with Gasteiger partial charge in [0, 0.05) is 33.9 Å². The van der Waals surface area contributed by atoms with Gasteiger partial charge in [0.2, 0.25) is 0 Å². The Morgan fingerprint density at radius 3 is 2.44 bits per heavy atom. The molecule has 0 aliphatic rings. The molecule has 2 amide bonds. The van der Waals surface area contributed by atoms with Crippen LogP contribution in [0.15, 0.2) is 54.7 Å². The molecular weight excluding hydrogens is 496 g/mol. The Balaban J connectivity index is 1.74. The zero-order valence-electron chi connectivity index (χ0n) is 16.8. The Morgan fingerprint density at radius 1 is 1.00 bits per heavy atom. The highest BCUT2D eigenvalue weighted by molar-refractivity contribution is 6.36. The smallest absolute Gasteiger partial charge is 0.321 e. The van der Waals surface area contributed by atoms with Crippen molar-refractivity contribution in [2.45, 2.75) is 6.18 Å². The summed E-state index contributed by atoms with van der Waals surface area (Å²) in [7, 11) is 0. The number of anilines is 1. The van der Waals surface area contributed by atoms with Gasteiger partial charge in [-0.05, 0) is 41.8 Å². The molecule has 2 aromatic heterocycles. The summed E-state index contributed by atoms with van der Waals surface area (Å²) >= 11 is 12.3. The third kappa shape index (κ3) is 4.53. The van der Waals surface area contributed by atoms with Crippen LogP contribution in [0, 0.1) is 0 Å². The fraction of sp³-hybridized carbons (Fsp3) is 0.0476. The van der Waals surface area contributed by atoms with Gasteiger partial charge in [-0.1, -0.05) is 29.3 Å². The molecule has 4 aromatic rings. The Bertz CT molecular complexity index is 1440. The van der Waals surface area contributed by atoms with Gasteiger partial charge < -0.3 is 5.32 Å². The van der Waals surface area contributed by atoms with E-state index >= 15 is 0 Å². The number of nitrogen functional groups attached to an aromatic ring is 1. The average molecular weight is 509 g/mol. The van der Waals surface area contributed by atoms with Crippen LogP contribution in [0.25, 0.3) is 16.6 Å². The average Bonchev–Trinajstić information content (AvgIpc) is 3.24. The van der Waals surface area contributed by atoms with Crippen LogP contribution in [0.4, 0.5) is 18.9 Å². The highest BCUT2D eigenvalue weighted by Crippen LogP contribution is 2.31. The van der Waals surface area contributed by atoms with Gasteiger partial charge >= 0.3 is 6.18 Å². The number of alkyl halides is 3. The molecule has 4 N–H and O–H groups in total. The summed E-state index contributed by atoms with van der Waals surface area (Å²) in [5.41, 5.74) is 0.675. The van der Waals surface area contributed by atoms with Crippen LogP contribution in [0.3, 0.4) is 0 Å². The van der Waals surface area contributed by atoms with E-state index in [1.54, 1.807) is 6.07 Å². The molecule has 0 fully saturated rings. The van der Waals surface area contributed by atoms with E-state index in [0.717, 1.165) is 4.68 Å². The Kier molecular flexibility index (Phi) is 6.17. The lowest BCUT2D eigenvalue weighted by molar-refractivity contribution is -0.141. The van der Waals surface area contributed by atoms with Crippen molar-refractivity contribution >= 4 is 51.5 Å². The number of fused-ring (bicyclic) bond motifs is 1. The molecule has 0 aliphatic heterocycles. The molecule has 2 aromatic carbocycles. The molecule has 0 unspecified atom stereocenters. The van der Waals surface area contributed by atoms with Gasteiger partial charge in [0.1, 0.15) is 5.69 Å². The molecule has 0 bridgehead atoms. The van der Waals surface area contributed by atoms with E-state index in [1.807, 2.05) is 5.43 Å². The van der Waals surface area contributed by atoms with Crippen molar-refractivity contribution < 1.29 is 22.8 Å². The summed E-state index contributed by atoms with van der Waals surface area (Å²) in [6.07, 6.45) is -3.50. The van der Waals surface area contributed by atoms with Crippen molar-refractivity contribution in [2.24, 2.45) is 5.84 Å². The van der Waals surface area contributed by atoms with Gasteiger partial charge in [0.15, 0.2) is 11.5 Å². The van der Waals surface area contributed by atoms with Crippen molar-refractivity contribution in [1.29, 1.82) is 0 Å². The zero-order chi connectivity index (χ0) is 24.6. The maximum Gasteiger partial charge on any atom is 0.435 e. The van der Waals surface area contributed by atoms with Crippen LogP contribution in [-0.4, -0.2) is 26.6 Å². The standard InChI is InChI=1S/C21H13Cl2F3N6O2/c22-14-2-1-5-28-18(14)32-16(9-17(31-32)21(24,25)26)20(34)29-12-3-4-13-10(7-12)6-11(8-15(13)23)19(33)30-27/h1-9H,27H2,(H,29,34)(H,30,33). The number of carbonyl (C=O) groups is 2. The van der Waals surface area contributed by atoms with Crippen LogP contribution < -0.4 is 16.6 Å². The maximum atomic E-state index is 13.3. The minimum absolute atomic E-state index is 0.000527. The van der Waals surface area contributed by atoms with Gasteiger partial charge in [-0.15, -0.1) is 0 Å². The van der Waals surface area contributed by atoms with E-state index in [-0.39, 0.29) is 27.1 Å². The lowest BCUT2D eigenvalue weighted by Crippen LogP contribution is -2.29. The van der Waals surface area contributed by atoms with E-state index in [4.69, 9.17) is 29.0 Å². The Morgan fingerprint density at radius 2 is 1.76 bits per heavy atom. The molecule has 0 atom stereocenters. The highest BCUT2D eigenvalue weighted by Gasteiger charge is 2.36. The normalized spacial score (nSPS) is 11.5. The zero-order valence-corrected chi connectivity index (χ0v) is 18.3. The van der Waals surface area contributed by atoms with Crippen molar-refractivity contribution in [2.75, 3.05) is 5.32 Å². The van der Waals surface area contributed by atoms with Crippen LogP contribution in [-0.2, 0) is 6.18 Å². The lowest BCUT2D eigenvalue weighted by Gasteiger charge is -2.10. The van der Waals surface area contributed by atoms with Crippen LogP contribution in [0.2, 0.25) is 10.0 Å². The molecular formula is C21H13Cl2F3N6O2. The molecule has 34 heavy (non-hydrogen) atoms. The second-order valence-corrected chi connectivity index (χ2v) is 7.77. The second kappa shape index (κ2) is 8.93. The summed E-state index contributed by atoms with van der Waals surface area (Å²) in [5, 5.41) is 7.35. The summed E-state index contributed by atoms with van der Waals surface area (Å²) in [4.78, 5) is 28.8. The number of hydrazine groups is 1. The quantitative estimate of drug-likeness (QED) is 0.211. The molecule has 0 saturated carbocycles. The third-order valence-electron chi connectivity index (χ3n) is 4.73. The SMILES string of the molecule is NNC(=O)c1cc(Cl)c2ccc(NC(=O)c3cc(C(F)(F)F)nn3-c3ncccc3Cl)cc2c1. The fourth-order valence-corrected chi connectivity index (χ4v) is 3.68. The Hall–Kier alpha value is -3.67. The molecule has 0 radical (unpaired) electrons. The number of nitrogens with zero attached hydrogens (tertiary/aromatic N) is 3. The second-order valence-electron chi connectivity index (χ2n) is 6.95. The number of hydrogen-bond acceptors (Lipinski definition) is 5. The number of halogens is 5. The third-order valence-corrected chi connectivity index (χ3v) is 5.33. The van der Waals surface area contributed by atoms with Gasteiger partial charge in [0.25, 0.3) is 11.8 Å². The number of aromatic nitrogens is 3. The first kappa shape index (κ1) is 23.5. The first-order valence-electron chi connectivity index (χ1n) is 9.42. The van der Waals surface area contributed by atoms with E-state index in [9.17, 15) is 22.8 Å². The van der Waals surface area contributed by atoms with Gasteiger partial charge in [-0.25, -0.2) is 15.5 Å². The van der Waals surface area contributed by atoms with E-state index in [0.29, 0.717) is 16.8 Å². The first-order chi connectivity index (χ1) is 16.1. The molecule has 8 nitrogen and oxygen atoms in total. The Labute approximate surface area is 199 Å². The number of rotatable bonds is 4. The van der Waals surface area contributed by atoms with Crippen molar-refractivity contribution in [3.63, 3.8) is 0 Å². The predicted molar refractivity (Wildman–Crippen MR) is 120 cm³/mol. The van der Waals surface area contributed by atoms with Gasteiger partial charge in [0.05, 0.1) is 5.02 Å². The minimum atomic E-state index is -4.80. The molecule has 13 heteroatoms. The van der Waals surface area contributed by atoms with Crippen LogP contribution in [0.5, 0.6) is 0 Å². The number of hydrogen-bond donors (Lipinski definition) is 3. The first-order valence-corrected chi connectivity index (χ1v) is 10.2. The van der Waals surface area contributed by atoms with Gasteiger partial charge in [-0.3, -0.25) is 15.0 Å². The molecule has 174 valence electrons. The van der Waals surface area contributed by atoms with Crippen molar-refractivity contribution in [1.82, 2.24) is 20.2 Å². The largest absolute Gasteiger partial charge is 0.435 e. The number of nitrogens with two attached hydrogens (primary N) is 1. The molecule has 0 saturated heterocycles. The van der Waals surface area contributed by atoms with Crippen molar-refractivity contribution in [3.05, 3.63) is 81.7 Å². The lowest BCUT2D eigenvalue weighted by atomic mass is 10.1. The van der Waals surface area contributed by atoms with Gasteiger partial charge in [-0.2, -0.15) is 18.3 Å². The monoisotopic (exact) mass is 508 g/mol. The summed E-state index contributed by atoms with van der Waals surface area (Å²) < 4.78 is 40.7. The number of pyridine rings is 1. The maximum absolute atomic E-state index is 13.3. The molecule has 2 heterocycles. The molecule has 0 spiro atoms. The number of amides is 2. The number of benzene rings is 2. The number of nitrogens with one attached hydrogen (secondary N) is 2.